The monoisotopic (exact) mass is 332 g/mol. The van der Waals surface area contributed by atoms with E-state index in [-0.39, 0.29) is 23.8 Å². The standard InChI is InChI=1S/C16H23F3N2O2/c1-23-13-8-7-12(14(10-13)16(17,18)19)11-21-15(22)6-4-2-3-5-9-20/h7-8,10H,2-6,9,11,20H2,1H3,(H,21,22). The number of carbonyl (C=O) groups is 1. The Bertz CT molecular complexity index is 505. The van der Waals surface area contributed by atoms with Gasteiger partial charge in [0.1, 0.15) is 5.75 Å². The van der Waals surface area contributed by atoms with E-state index < -0.39 is 11.7 Å². The van der Waals surface area contributed by atoms with Crippen LogP contribution in [0.25, 0.3) is 0 Å². The summed E-state index contributed by atoms with van der Waals surface area (Å²) in [6.45, 7) is 0.477. The summed E-state index contributed by atoms with van der Waals surface area (Å²) in [6.07, 6.45) is -0.705. The highest BCUT2D eigenvalue weighted by Gasteiger charge is 2.33. The van der Waals surface area contributed by atoms with Crippen LogP contribution in [0.2, 0.25) is 0 Å². The fourth-order valence-corrected chi connectivity index (χ4v) is 2.17. The number of nitrogens with one attached hydrogen (secondary N) is 1. The van der Waals surface area contributed by atoms with Gasteiger partial charge in [-0.1, -0.05) is 18.9 Å². The van der Waals surface area contributed by atoms with Crippen LogP contribution in [0, 0.1) is 0 Å². The number of nitrogens with two attached hydrogens (primary N) is 1. The Morgan fingerprint density at radius 1 is 1.22 bits per heavy atom. The van der Waals surface area contributed by atoms with Crippen LogP contribution in [-0.2, 0) is 17.5 Å². The smallest absolute Gasteiger partial charge is 0.416 e. The highest BCUT2D eigenvalue weighted by molar-refractivity contribution is 5.75. The molecule has 0 heterocycles. The van der Waals surface area contributed by atoms with Crippen LogP contribution in [0.3, 0.4) is 0 Å². The number of amides is 1. The normalized spacial score (nSPS) is 11.3. The summed E-state index contributed by atoms with van der Waals surface area (Å²) in [4.78, 5) is 11.7. The summed E-state index contributed by atoms with van der Waals surface area (Å²) in [5, 5.41) is 2.54. The summed E-state index contributed by atoms with van der Waals surface area (Å²) in [5.74, 6) is -0.117. The van der Waals surface area contributed by atoms with Gasteiger partial charge in [0.05, 0.1) is 12.7 Å². The molecule has 0 radical (unpaired) electrons. The summed E-state index contributed by atoms with van der Waals surface area (Å²) in [5.41, 5.74) is 4.60. The average molecular weight is 332 g/mol. The minimum atomic E-state index is -4.49. The molecule has 23 heavy (non-hydrogen) atoms. The third-order valence-electron chi connectivity index (χ3n) is 3.46. The first-order valence-electron chi connectivity index (χ1n) is 7.59. The molecule has 0 saturated heterocycles. The summed E-state index contributed by atoms with van der Waals surface area (Å²) < 4.78 is 43.9. The molecule has 0 aliphatic heterocycles. The molecule has 130 valence electrons. The molecule has 1 aromatic carbocycles. The van der Waals surface area contributed by atoms with E-state index >= 15 is 0 Å². The van der Waals surface area contributed by atoms with Gasteiger partial charge in [-0.2, -0.15) is 13.2 Å². The van der Waals surface area contributed by atoms with Gasteiger partial charge >= 0.3 is 6.18 Å². The molecule has 0 unspecified atom stereocenters. The van der Waals surface area contributed by atoms with E-state index in [9.17, 15) is 18.0 Å². The lowest BCUT2D eigenvalue weighted by molar-refractivity contribution is -0.138. The lowest BCUT2D eigenvalue weighted by Gasteiger charge is -2.15. The number of ether oxygens (including phenoxy) is 1. The molecule has 0 atom stereocenters. The van der Waals surface area contributed by atoms with Crippen LogP contribution in [0.15, 0.2) is 18.2 Å². The maximum absolute atomic E-state index is 13.0. The van der Waals surface area contributed by atoms with Crippen molar-refractivity contribution in [3.63, 3.8) is 0 Å². The molecular formula is C16H23F3N2O2. The first-order valence-corrected chi connectivity index (χ1v) is 7.59. The maximum atomic E-state index is 13.0. The van der Waals surface area contributed by atoms with Crippen LogP contribution in [-0.4, -0.2) is 19.6 Å². The Morgan fingerprint density at radius 3 is 2.52 bits per heavy atom. The number of unbranched alkanes of at least 4 members (excludes halogenated alkanes) is 3. The van der Waals surface area contributed by atoms with Gasteiger partial charge in [-0.15, -0.1) is 0 Å². The van der Waals surface area contributed by atoms with E-state index in [2.05, 4.69) is 5.32 Å². The zero-order valence-corrected chi connectivity index (χ0v) is 13.2. The van der Waals surface area contributed by atoms with Gasteiger partial charge in [0.25, 0.3) is 0 Å². The quantitative estimate of drug-likeness (QED) is 0.682. The van der Waals surface area contributed by atoms with E-state index in [1.54, 1.807) is 0 Å². The van der Waals surface area contributed by atoms with Gasteiger partial charge in [0.15, 0.2) is 0 Å². The van der Waals surface area contributed by atoms with E-state index in [0.717, 1.165) is 25.3 Å². The van der Waals surface area contributed by atoms with Crippen molar-refractivity contribution < 1.29 is 22.7 Å². The van der Waals surface area contributed by atoms with Crippen molar-refractivity contribution in [1.29, 1.82) is 0 Å². The second kappa shape index (κ2) is 9.39. The fourth-order valence-electron chi connectivity index (χ4n) is 2.17. The zero-order chi connectivity index (χ0) is 17.3. The van der Waals surface area contributed by atoms with Crippen molar-refractivity contribution in [3.8, 4) is 5.75 Å². The van der Waals surface area contributed by atoms with Crippen molar-refractivity contribution in [2.75, 3.05) is 13.7 Å². The SMILES string of the molecule is COc1ccc(CNC(=O)CCCCCCN)c(C(F)(F)F)c1. The van der Waals surface area contributed by atoms with Crippen molar-refractivity contribution in [2.24, 2.45) is 5.73 Å². The highest BCUT2D eigenvalue weighted by Crippen LogP contribution is 2.34. The van der Waals surface area contributed by atoms with E-state index in [1.165, 1.54) is 19.2 Å². The molecule has 0 bridgehead atoms. The van der Waals surface area contributed by atoms with Gasteiger partial charge in [0.2, 0.25) is 5.91 Å². The molecule has 0 saturated carbocycles. The first kappa shape index (κ1) is 19.3. The summed E-state index contributed by atoms with van der Waals surface area (Å²) in [6, 6.07) is 3.71. The molecule has 0 aliphatic rings. The minimum Gasteiger partial charge on any atom is -0.497 e. The minimum absolute atomic E-state index is 0.0229. The van der Waals surface area contributed by atoms with Crippen molar-refractivity contribution in [1.82, 2.24) is 5.32 Å². The van der Waals surface area contributed by atoms with Crippen LogP contribution in [0.4, 0.5) is 13.2 Å². The average Bonchev–Trinajstić information content (AvgIpc) is 2.51. The lowest BCUT2D eigenvalue weighted by atomic mass is 10.1. The first-order chi connectivity index (χ1) is 10.9. The van der Waals surface area contributed by atoms with Crippen molar-refractivity contribution in [3.05, 3.63) is 29.3 Å². The number of carbonyl (C=O) groups excluding carboxylic acids is 1. The number of alkyl halides is 3. The number of methoxy groups -OCH3 is 1. The Kier molecular flexibility index (Phi) is 7.88. The van der Waals surface area contributed by atoms with E-state index in [4.69, 9.17) is 10.5 Å². The molecule has 4 nitrogen and oxygen atoms in total. The molecule has 0 fully saturated rings. The van der Waals surface area contributed by atoms with Crippen molar-refractivity contribution >= 4 is 5.91 Å². The second-order valence-electron chi connectivity index (χ2n) is 5.25. The number of benzene rings is 1. The summed E-state index contributed by atoms with van der Waals surface area (Å²) >= 11 is 0. The number of hydrogen-bond acceptors (Lipinski definition) is 3. The van der Waals surface area contributed by atoms with Gasteiger partial charge in [0, 0.05) is 13.0 Å². The van der Waals surface area contributed by atoms with Gasteiger partial charge in [-0.05, 0) is 37.1 Å². The van der Waals surface area contributed by atoms with Crippen LogP contribution >= 0.6 is 0 Å². The number of rotatable bonds is 9. The molecule has 1 rings (SSSR count). The maximum Gasteiger partial charge on any atom is 0.416 e. The summed E-state index contributed by atoms with van der Waals surface area (Å²) in [7, 11) is 1.31. The topological polar surface area (TPSA) is 64.3 Å². The van der Waals surface area contributed by atoms with Crippen LogP contribution in [0.5, 0.6) is 5.75 Å². The van der Waals surface area contributed by atoms with Gasteiger partial charge in [-0.3, -0.25) is 4.79 Å². The number of hydrogen-bond donors (Lipinski definition) is 2. The van der Waals surface area contributed by atoms with Crippen LogP contribution in [0.1, 0.15) is 43.2 Å². The van der Waals surface area contributed by atoms with E-state index in [1.807, 2.05) is 0 Å². The molecule has 3 N–H and O–H groups in total. The highest BCUT2D eigenvalue weighted by atomic mass is 19.4. The molecule has 1 aromatic rings. The Labute approximate surface area is 134 Å². The van der Waals surface area contributed by atoms with Gasteiger partial charge in [-0.25, -0.2) is 0 Å². The fraction of sp³-hybridized carbons (Fsp3) is 0.562. The molecular weight excluding hydrogens is 309 g/mol. The van der Waals surface area contributed by atoms with Crippen molar-refractivity contribution in [2.45, 2.75) is 44.8 Å². The predicted octanol–water partition coefficient (Wildman–Crippen LogP) is 3.24. The lowest BCUT2D eigenvalue weighted by Crippen LogP contribution is -2.24. The second-order valence-corrected chi connectivity index (χ2v) is 5.25. The largest absolute Gasteiger partial charge is 0.497 e. The molecule has 0 aliphatic carbocycles. The third-order valence-corrected chi connectivity index (χ3v) is 3.46. The number of halogens is 3. The Hall–Kier alpha value is -1.76. The van der Waals surface area contributed by atoms with Gasteiger partial charge < -0.3 is 15.8 Å². The molecule has 0 spiro atoms. The third kappa shape index (κ3) is 6.90. The molecule has 7 heteroatoms. The Balaban J connectivity index is 2.55. The predicted molar refractivity (Wildman–Crippen MR) is 82.0 cm³/mol. The van der Waals surface area contributed by atoms with E-state index in [0.29, 0.717) is 19.4 Å². The molecule has 0 aromatic heterocycles. The van der Waals surface area contributed by atoms with Crippen LogP contribution < -0.4 is 15.8 Å². The molecule has 1 amide bonds. The Morgan fingerprint density at radius 2 is 1.91 bits per heavy atom. The zero-order valence-electron chi connectivity index (χ0n) is 13.2.